The van der Waals surface area contributed by atoms with Gasteiger partial charge in [-0.1, -0.05) is 0 Å². The molecule has 0 radical (unpaired) electrons. The normalized spacial score (nSPS) is 11.5. The van der Waals surface area contributed by atoms with Gasteiger partial charge < -0.3 is 0 Å². The molecular weight excluding hydrogens is 424 g/mol. The van der Waals surface area contributed by atoms with Crippen molar-refractivity contribution in [2.75, 3.05) is 0 Å². The van der Waals surface area contributed by atoms with E-state index in [0.29, 0.717) is 0 Å². The molecule has 0 spiro atoms. The molecule has 1 N–H and O–H groups in total. The van der Waals surface area contributed by atoms with Crippen LogP contribution in [-0.2, 0) is 0 Å². The topological polar surface area (TPSA) is 12.0 Å². The molecule has 3 heteroatoms. The monoisotopic (exact) mass is 447 g/mol. The Balaban J connectivity index is 1.85. The summed E-state index contributed by atoms with van der Waals surface area (Å²) in [6.07, 6.45) is 0. The Labute approximate surface area is 174 Å². The number of nitrogens with one attached hydrogen (secondary N) is 1. The second-order valence-electron chi connectivity index (χ2n) is 6.66. The van der Waals surface area contributed by atoms with Crippen LogP contribution in [0.15, 0.2) is 121 Å². The molecule has 0 atom stereocenters. The molecule has 138 valence electrons. The summed E-state index contributed by atoms with van der Waals surface area (Å²) >= 11 is 3.59. The van der Waals surface area contributed by atoms with Crippen LogP contribution >= 0.6 is 5.66 Å². The number of hydrogen-bond donors (Lipinski definition) is 1. The summed E-state index contributed by atoms with van der Waals surface area (Å²) in [5.74, 6) is 0. The molecule has 0 aliphatic carbocycles. The fourth-order valence-electron chi connectivity index (χ4n) is 3.39. The molecular formula is C25H22NPSe. The summed E-state index contributed by atoms with van der Waals surface area (Å²) in [5.41, 5.74) is 0.592. The third kappa shape index (κ3) is 4.12. The zero-order valence-corrected chi connectivity index (χ0v) is 18.1. The first kappa shape index (κ1) is 19.1. The minimum atomic E-state index is -1.94. The second kappa shape index (κ2) is 8.86. The fraction of sp³-hybridized carbons (Fsp3) is 0.0400. The minimum absolute atomic E-state index is 0.0948. The van der Waals surface area contributed by atoms with E-state index in [1.807, 2.05) is 0 Å². The van der Waals surface area contributed by atoms with E-state index >= 15 is 0 Å². The third-order valence-electron chi connectivity index (χ3n) is 4.82. The molecule has 0 aromatic heterocycles. The standard InChI is InChI=1S/C25H22NPSe/c28-27(23-17-9-3-10-18-23,24-19-11-4-12-20-24)26-25(21-13-5-1-6-14-21)22-15-7-2-8-16-22/h1-20,25H,(H,26,28). The van der Waals surface area contributed by atoms with Gasteiger partial charge in [0.15, 0.2) is 0 Å². The van der Waals surface area contributed by atoms with Crippen molar-refractivity contribution in [2.45, 2.75) is 6.04 Å². The van der Waals surface area contributed by atoms with Crippen molar-refractivity contribution in [3.05, 3.63) is 132 Å². The first-order chi connectivity index (χ1) is 13.8. The predicted octanol–water partition coefficient (Wildman–Crippen LogP) is 5.03. The third-order valence-corrected chi connectivity index (χ3v) is 10.8. The molecule has 4 aromatic rings. The van der Waals surface area contributed by atoms with Gasteiger partial charge in [0.25, 0.3) is 0 Å². The Kier molecular flexibility index (Phi) is 6.05. The maximum atomic E-state index is 4.05. The van der Waals surface area contributed by atoms with Crippen molar-refractivity contribution in [1.82, 2.24) is 5.09 Å². The van der Waals surface area contributed by atoms with Crippen LogP contribution in [-0.4, -0.2) is 15.1 Å². The van der Waals surface area contributed by atoms with Crippen molar-refractivity contribution >= 4 is 31.4 Å². The van der Waals surface area contributed by atoms with Gasteiger partial charge in [0.05, 0.1) is 0 Å². The predicted molar refractivity (Wildman–Crippen MR) is 123 cm³/mol. The fourth-order valence-corrected chi connectivity index (χ4v) is 8.03. The molecule has 0 bridgehead atoms. The Morgan fingerprint density at radius 2 is 0.821 bits per heavy atom. The van der Waals surface area contributed by atoms with Crippen LogP contribution in [0.2, 0.25) is 0 Å². The zero-order chi connectivity index (χ0) is 19.2. The van der Waals surface area contributed by atoms with Crippen LogP contribution in [0.3, 0.4) is 0 Å². The van der Waals surface area contributed by atoms with Crippen molar-refractivity contribution < 1.29 is 0 Å². The molecule has 28 heavy (non-hydrogen) atoms. The van der Waals surface area contributed by atoms with E-state index in [1.165, 1.54) is 21.7 Å². The van der Waals surface area contributed by atoms with Gasteiger partial charge in [0.1, 0.15) is 0 Å². The molecule has 4 aromatic carbocycles. The molecule has 1 nitrogen and oxygen atoms in total. The van der Waals surface area contributed by atoms with E-state index in [9.17, 15) is 0 Å². The van der Waals surface area contributed by atoms with Crippen LogP contribution in [0.5, 0.6) is 0 Å². The van der Waals surface area contributed by atoms with Crippen LogP contribution in [0.25, 0.3) is 0 Å². The summed E-state index contributed by atoms with van der Waals surface area (Å²) in [5, 5.41) is 6.66. The quantitative estimate of drug-likeness (QED) is 0.324. The van der Waals surface area contributed by atoms with Crippen LogP contribution in [0.4, 0.5) is 0 Å². The van der Waals surface area contributed by atoms with Gasteiger partial charge in [-0.3, -0.25) is 0 Å². The van der Waals surface area contributed by atoms with Gasteiger partial charge in [0, 0.05) is 0 Å². The van der Waals surface area contributed by atoms with Gasteiger partial charge in [-0.05, 0) is 0 Å². The van der Waals surface area contributed by atoms with Crippen LogP contribution in [0.1, 0.15) is 17.2 Å². The summed E-state index contributed by atoms with van der Waals surface area (Å²) in [4.78, 5) is 0. The van der Waals surface area contributed by atoms with E-state index in [1.54, 1.807) is 0 Å². The first-order valence-corrected chi connectivity index (χ1v) is 13.4. The Hall–Kier alpha value is -2.21. The summed E-state index contributed by atoms with van der Waals surface area (Å²) in [6.45, 7) is 0. The Morgan fingerprint density at radius 1 is 0.500 bits per heavy atom. The van der Waals surface area contributed by atoms with Gasteiger partial charge in [-0.2, -0.15) is 0 Å². The van der Waals surface area contributed by atoms with Crippen molar-refractivity contribution in [1.29, 1.82) is 0 Å². The van der Waals surface area contributed by atoms with Crippen molar-refractivity contribution in [3.63, 3.8) is 0 Å². The number of benzene rings is 4. The zero-order valence-electron chi connectivity index (χ0n) is 15.5. The van der Waals surface area contributed by atoms with Crippen molar-refractivity contribution in [2.24, 2.45) is 0 Å². The SMILES string of the molecule is [Se]=P(NC(c1ccccc1)c1ccccc1)(c1ccccc1)c1ccccc1. The molecule has 0 aliphatic rings. The molecule has 0 heterocycles. The summed E-state index contributed by atoms with van der Waals surface area (Å²) < 4.78 is 0. The Bertz CT molecular complexity index is 968. The van der Waals surface area contributed by atoms with E-state index in [0.717, 1.165) is 0 Å². The molecule has 0 aliphatic heterocycles. The van der Waals surface area contributed by atoms with E-state index in [2.05, 4.69) is 142 Å². The van der Waals surface area contributed by atoms with Gasteiger partial charge in [0.2, 0.25) is 0 Å². The molecule has 0 unspecified atom stereocenters. The molecule has 0 saturated carbocycles. The van der Waals surface area contributed by atoms with Gasteiger partial charge >= 0.3 is 175 Å². The van der Waals surface area contributed by atoms with E-state index in [4.69, 9.17) is 0 Å². The van der Waals surface area contributed by atoms with Gasteiger partial charge in [-0.15, -0.1) is 0 Å². The molecule has 0 saturated heterocycles. The Morgan fingerprint density at radius 3 is 1.18 bits per heavy atom. The average Bonchev–Trinajstić information content (AvgIpc) is 2.80. The average molecular weight is 446 g/mol. The van der Waals surface area contributed by atoms with E-state index in [-0.39, 0.29) is 6.04 Å². The molecule has 4 rings (SSSR count). The number of rotatable bonds is 6. The van der Waals surface area contributed by atoms with Crippen LogP contribution in [0, 0.1) is 0 Å². The number of hydrogen-bond acceptors (Lipinski definition) is 1. The first-order valence-electron chi connectivity index (χ1n) is 9.36. The van der Waals surface area contributed by atoms with Crippen molar-refractivity contribution in [3.8, 4) is 0 Å². The second-order valence-corrected chi connectivity index (χ2v) is 12.6. The maximum absolute atomic E-state index is 4.05. The molecule has 0 fully saturated rings. The molecule has 0 amide bonds. The van der Waals surface area contributed by atoms with Crippen LogP contribution < -0.4 is 15.7 Å². The van der Waals surface area contributed by atoms with Gasteiger partial charge in [-0.25, -0.2) is 0 Å². The summed E-state index contributed by atoms with van der Waals surface area (Å²) in [7, 11) is 0. The summed E-state index contributed by atoms with van der Waals surface area (Å²) in [6, 6.07) is 43.0. The van der Waals surface area contributed by atoms with E-state index < -0.39 is 5.66 Å².